The van der Waals surface area contributed by atoms with E-state index >= 15 is 0 Å². The fraction of sp³-hybridized carbons (Fsp3) is 0.545. The quantitative estimate of drug-likeness (QED) is 0.882. The van der Waals surface area contributed by atoms with Gasteiger partial charge < -0.3 is 4.74 Å². The van der Waals surface area contributed by atoms with Crippen molar-refractivity contribution in [3.05, 3.63) is 18.0 Å². The van der Waals surface area contributed by atoms with Crippen molar-refractivity contribution in [2.75, 3.05) is 0 Å². The van der Waals surface area contributed by atoms with Crippen LogP contribution in [0, 0.1) is 0 Å². The number of hydrogen-bond acceptors (Lipinski definition) is 4. The predicted molar refractivity (Wildman–Crippen MR) is 63.3 cm³/mol. The van der Waals surface area contributed by atoms with Gasteiger partial charge in [0, 0.05) is 6.20 Å². The van der Waals surface area contributed by atoms with E-state index in [-0.39, 0.29) is 16.9 Å². The first-order valence-electron chi connectivity index (χ1n) is 5.58. The van der Waals surface area contributed by atoms with Crippen molar-refractivity contribution >= 4 is 10.0 Å². The van der Waals surface area contributed by atoms with Crippen molar-refractivity contribution in [1.82, 2.24) is 4.98 Å². The summed E-state index contributed by atoms with van der Waals surface area (Å²) in [7, 11) is -3.77. The third-order valence-corrected chi connectivity index (χ3v) is 3.49. The minimum atomic E-state index is -3.77. The number of aromatic nitrogens is 1. The minimum absolute atomic E-state index is 0.0306. The van der Waals surface area contributed by atoms with Gasteiger partial charge in [-0.05, 0) is 24.8 Å². The number of nitrogens with zero attached hydrogens (tertiary/aromatic N) is 1. The summed E-state index contributed by atoms with van der Waals surface area (Å²) in [5.41, 5.74) is 0.642. The molecule has 0 bridgehead atoms. The predicted octanol–water partition coefficient (Wildman–Crippen LogP) is 1.39. The van der Waals surface area contributed by atoms with Crippen LogP contribution in [0.1, 0.15) is 38.3 Å². The van der Waals surface area contributed by atoms with Gasteiger partial charge in [0.25, 0.3) is 0 Å². The van der Waals surface area contributed by atoms with E-state index in [0.717, 1.165) is 12.8 Å². The van der Waals surface area contributed by atoms with Crippen LogP contribution in [0.5, 0.6) is 5.75 Å². The van der Waals surface area contributed by atoms with Gasteiger partial charge in [-0.2, -0.15) is 0 Å². The molecule has 1 saturated carbocycles. The zero-order valence-electron chi connectivity index (χ0n) is 9.88. The Morgan fingerprint density at radius 3 is 2.59 bits per heavy atom. The van der Waals surface area contributed by atoms with Crippen LogP contribution in [0.2, 0.25) is 0 Å². The van der Waals surface area contributed by atoms with Gasteiger partial charge in [0.1, 0.15) is 4.90 Å². The van der Waals surface area contributed by atoms with Crippen molar-refractivity contribution in [3.63, 3.8) is 0 Å². The molecule has 2 rings (SSSR count). The summed E-state index contributed by atoms with van der Waals surface area (Å²) in [6, 6.07) is 1.39. The van der Waals surface area contributed by atoms with E-state index in [1.165, 1.54) is 12.3 Å². The molecule has 0 amide bonds. The van der Waals surface area contributed by atoms with Crippen LogP contribution in [-0.2, 0) is 10.0 Å². The van der Waals surface area contributed by atoms with Gasteiger partial charge in [0.15, 0.2) is 5.75 Å². The molecule has 0 unspecified atom stereocenters. The fourth-order valence-electron chi connectivity index (χ4n) is 1.55. The Labute approximate surface area is 101 Å². The van der Waals surface area contributed by atoms with Crippen LogP contribution in [0.3, 0.4) is 0 Å². The van der Waals surface area contributed by atoms with E-state index in [1.807, 2.05) is 13.8 Å². The summed E-state index contributed by atoms with van der Waals surface area (Å²) in [5.74, 6) is 0.415. The summed E-state index contributed by atoms with van der Waals surface area (Å²) in [4.78, 5) is 4.22. The largest absolute Gasteiger partial charge is 0.487 e. The molecule has 1 aliphatic rings. The number of nitrogens with two attached hydrogens (primary N) is 1. The first kappa shape index (κ1) is 12.3. The number of ether oxygens (including phenoxy) is 1. The van der Waals surface area contributed by atoms with E-state index in [2.05, 4.69) is 4.98 Å². The molecule has 5 nitrogen and oxygen atoms in total. The van der Waals surface area contributed by atoms with Crippen molar-refractivity contribution in [1.29, 1.82) is 0 Å². The zero-order chi connectivity index (χ0) is 12.6. The van der Waals surface area contributed by atoms with Crippen LogP contribution in [0.4, 0.5) is 0 Å². The molecule has 1 aromatic heterocycles. The second-order valence-electron chi connectivity index (χ2n) is 4.54. The van der Waals surface area contributed by atoms with Gasteiger partial charge >= 0.3 is 0 Å². The molecule has 0 radical (unpaired) electrons. The highest BCUT2D eigenvalue weighted by atomic mass is 32.2. The van der Waals surface area contributed by atoms with Crippen molar-refractivity contribution in [2.45, 2.75) is 43.6 Å². The van der Waals surface area contributed by atoms with E-state index < -0.39 is 10.0 Å². The summed E-state index contributed by atoms with van der Waals surface area (Å²) in [5, 5.41) is 5.19. The average molecular weight is 256 g/mol. The molecule has 0 spiro atoms. The zero-order valence-corrected chi connectivity index (χ0v) is 10.7. The molecule has 6 heteroatoms. The number of hydrogen-bond donors (Lipinski definition) is 1. The van der Waals surface area contributed by atoms with Gasteiger partial charge in [0.05, 0.1) is 11.8 Å². The smallest absolute Gasteiger partial charge is 0.241 e. The lowest BCUT2D eigenvalue weighted by Crippen LogP contribution is -2.16. The molecular formula is C11H16N2O3S. The van der Waals surface area contributed by atoms with Crippen LogP contribution >= 0.6 is 0 Å². The normalized spacial score (nSPS) is 16.2. The van der Waals surface area contributed by atoms with Crippen molar-refractivity contribution in [3.8, 4) is 5.75 Å². The number of rotatable bonds is 4. The molecule has 1 heterocycles. The molecule has 1 aliphatic carbocycles. The topological polar surface area (TPSA) is 82.3 Å². The molecule has 0 saturated heterocycles. The minimum Gasteiger partial charge on any atom is -0.487 e. The Bertz CT molecular complexity index is 522. The molecule has 1 aromatic rings. The molecule has 0 aromatic carbocycles. The monoisotopic (exact) mass is 256 g/mol. The van der Waals surface area contributed by atoms with Gasteiger partial charge in [-0.15, -0.1) is 0 Å². The molecule has 0 atom stereocenters. The summed E-state index contributed by atoms with van der Waals surface area (Å²) in [6.07, 6.45) is 3.47. The highest BCUT2D eigenvalue weighted by Gasteiger charge is 2.29. The van der Waals surface area contributed by atoms with Gasteiger partial charge in [-0.25, -0.2) is 13.6 Å². The lowest BCUT2D eigenvalue weighted by atomic mass is 10.1. The van der Waals surface area contributed by atoms with E-state index in [4.69, 9.17) is 9.88 Å². The molecule has 17 heavy (non-hydrogen) atoms. The Morgan fingerprint density at radius 2 is 2.12 bits per heavy atom. The Balaban J connectivity index is 2.53. The molecule has 1 fully saturated rings. The summed E-state index contributed by atoms with van der Waals surface area (Å²) >= 11 is 0. The van der Waals surface area contributed by atoms with Crippen LogP contribution in [-0.4, -0.2) is 19.5 Å². The lowest BCUT2D eigenvalue weighted by molar-refractivity contribution is 0.288. The third-order valence-electron chi connectivity index (χ3n) is 2.56. The number of sulfonamides is 1. The van der Waals surface area contributed by atoms with Crippen molar-refractivity contribution < 1.29 is 13.2 Å². The van der Waals surface area contributed by atoms with Gasteiger partial charge in [0.2, 0.25) is 10.0 Å². The van der Waals surface area contributed by atoms with Crippen LogP contribution in [0.15, 0.2) is 17.2 Å². The molecule has 2 N–H and O–H groups in total. The van der Waals surface area contributed by atoms with Gasteiger partial charge in [-0.1, -0.05) is 13.8 Å². The number of primary sulfonamides is 1. The highest BCUT2D eigenvalue weighted by molar-refractivity contribution is 7.89. The molecular weight excluding hydrogens is 240 g/mol. The fourth-order valence-corrected chi connectivity index (χ4v) is 2.21. The van der Waals surface area contributed by atoms with Crippen LogP contribution < -0.4 is 9.88 Å². The Hall–Kier alpha value is -1.14. The standard InChI is InChI=1S/C11H16N2O3S/c1-7(2)10-11(16-8-3-4-8)9(5-6-13-10)17(12,14)15/h5-8H,3-4H2,1-2H3,(H2,12,14,15). The average Bonchev–Trinajstić information content (AvgIpc) is 3.00. The summed E-state index contributed by atoms with van der Waals surface area (Å²) < 4.78 is 28.7. The van der Waals surface area contributed by atoms with E-state index in [9.17, 15) is 8.42 Å². The van der Waals surface area contributed by atoms with Crippen LogP contribution in [0.25, 0.3) is 0 Å². The summed E-state index contributed by atoms with van der Waals surface area (Å²) in [6.45, 7) is 3.88. The second-order valence-corrected chi connectivity index (χ2v) is 6.07. The first-order chi connectivity index (χ1) is 7.89. The molecule has 94 valence electrons. The maximum atomic E-state index is 11.5. The molecule has 0 aliphatic heterocycles. The third kappa shape index (κ3) is 2.76. The Morgan fingerprint density at radius 1 is 1.47 bits per heavy atom. The second kappa shape index (κ2) is 4.27. The maximum Gasteiger partial charge on any atom is 0.241 e. The van der Waals surface area contributed by atoms with E-state index in [1.54, 1.807) is 0 Å². The lowest BCUT2D eigenvalue weighted by Gasteiger charge is -2.15. The highest BCUT2D eigenvalue weighted by Crippen LogP contribution is 2.35. The SMILES string of the molecule is CC(C)c1nccc(S(N)(=O)=O)c1OC1CC1. The van der Waals surface area contributed by atoms with E-state index in [0.29, 0.717) is 11.4 Å². The van der Waals surface area contributed by atoms with Gasteiger partial charge in [-0.3, -0.25) is 4.98 Å². The maximum absolute atomic E-state index is 11.5. The first-order valence-corrected chi connectivity index (χ1v) is 7.12. The Kier molecular flexibility index (Phi) is 3.09. The number of pyridine rings is 1. The van der Waals surface area contributed by atoms with Crippen molar-refractivity contribution in [2.24, 2.45) is 5.14 Å².